The van der Waals surface area contributed by atoms with E-state index in [1.165, 1.54) is 0 Å². The highest BCUT2D eigenvalue weighted by Crippen LogP contribution is 2.08. The topological polar surface area (TPSA) is 58.6 Å². The lowest BCUT2D eigenvalue weighted by molar-refractivity contribution is -0.131. The maximum atomic E-state index is 12.9. The Morgan fingerprint density at radius 1 is 0.926 bits per heavy atom. The average Bonchev–Trinajstić information content (AvgIpc) is 2.74. The van der Waals surface area contributed by atoms with Crippen LogP contribution in [0, 0.1) is 0 Å². The molecule has 0 aromatic heterocycles. The third-order valence-electron chi connectivity index (χ3n) is 4.16. The second kappa shape index (κ2) is 9.50. The average molecular weight is 362 g/mol. The summed E-state index contributed by atoms with van der Waals surface area (Å²) in [6.07, 6.45) is 5.31. The maximum Gasteiger partial charge on any atom is 0.270 e. The lowest BCUT2D eigenvalue weighted by Crippen LogP contribution is -2.44. The minimum absolute atomic E-state index is 0.208. The van der Waals surface area contributed by atoms with Crippen LogP contribution in [0.1, 0.15) is 15.9 Å². The number of hydrogen-bond acceptors (Lipinski definition) is 3. The highest BCUT2D eigenvalue weighted by Gasteiger charge is 2.22. The van der Waals surface area contributed by atoms with Gasteiger partial charge in [-0.25, -0.2) is 0 Å². The van der Waals surface area contributed by atoms with E-state index in [1.54, 1.807) is 41.3 Å². The van der Waals surface area contributed by atoms with E-state index in [1.807, 2.05) is 42.5 Å². The summed E-state index contributed by atoms with van der Waals surface area (Å²) < 4.78 is 5.30. The summed E-state index contributed by atoms with van der Waals surface area (Å²) >= 11 is 0. The predicted molar refractivity (Wildman–Crippen MR) is 105 cm³/mol. The fraction of sp³-hybridized carbons (Fsp3) is 0.182. The highest BCUT2D eigenvalue weighted by atomic mass is 16.5. The minimum atomic E-state index is -0.309. The molecular weight excluding hydrogens is 340 g/mol. The molecule has 0 bridgehead atoms. The normalized spacial score (nSPS) is 15.0. The van der Waals surface area contributed by atoms with Gasteiger partial charge in [-0.15, -0.1) is 0 Å². The third-order valence-corrected chi connectivity index (χ3v) is 4.16. The van der Waals surface area contributed by atoms with E-state index in [9.17, 15) is 9.59 Å². The Bertz CT molecular complexity index is 823. The molecule has 0 atom stereocenters. The Morgan fingerprint density at radius 2 is 1.56 bits per heavy atom. The van der Waals surface area contributed by atoms with Crippen molar-refractivity contribution in [3.05, 3.63) is 89.6 Å². The number of allylic oxidation sites excluding steroid dienone is 2. The van der Waals surface area contributed by atoms with E-state index in [-0.39, 0.29) is 17.5 Å². The summed E-state index contributed by atoms with van der Waals surface area (Å²) in [5, 5.41) is 2.76. The van der Waals surface area contributed by atoms with Gasteiger partial charge in [-0.3, -0.25) is 9.59 Å². The van der Waals surface area contributed by atoms with E-state index in [0.29, 0.717) is 31.9 Å². The molecule has 1 N–H and O–H groups in total. The number of amides is 2. The Kier molecular flexibility index (Phi) is 6.55. The lowest BCUT2D eigenvalue weighted by Gasteiger charge is -2.27. The first-order valence-electron chi connectivity index (χ1n) is 8.91. The van der Waals surface area contributed by atoms with Gasteiger partial charge in [-0.2, -0.15) is 0 Å². The van der Waals surface area contributed by atoms with Crippen LogP contribution in [0.3, 0.4) is 0 Å². The number of benzene rings is 2. The molecule has 2 aromatic carbocycles. The summed E-state index contributed by atoms with van der Waals surface area (Å²) in [5.74, 6) is -0.517. The Morgan fingerprint density at radius 3 is 2.22 bits per heavy atom. The number of nitrogens with zero attached hydrogens (tertiary/aromatic N) is 1. The molecule has 2 aromatic rings. The summed E-state index contributed by atoms with van der Waals surface area (Å²) in [6, 6.07) is 18.6. The molecule has 2 amide bonds. The van der Waals surface area contributed by atoms with Crippen molar-refractivity contribution in [2.45, 2.75) is 0 Å². The summed E-state index contributed by atoms with van der Waals surface area (Å²) in [4.78, 5) is 27.1. The predicted octanol–water partition coefficient (Wildman–Crippen LogP) is 2.87. The molecule has 138 valence electrons. The second-order valence-corrected chi connectivity index (χ2v) is 6.07. The second-order valence-electron chi connectivity index (χ2n) is 6.07. The molecule has 27 heavy (non-hydrogen) atoms. The number of carbonyl (C=O) groups is 2. The van der Waals surface area contributed by atoms with Crippen LogP contribution in [0.5, 0.6) is 0 Å². The van der Waals surface area contributed by atoms with Crippen molar-refractivity contribution in [1.82, 2.24) is 10.2 Å². The molecule has 1 saturated heterocycles. The van der Waals surface area contributed by atoms with Crippen LogP contribution in [0.4, 0.5) is 0 Å². The number of nitrogens with one attached hydrogen (secondary N) is 1. The summed E-state index contributed by atoms with van der Waals surface area (Å²) in [6.45, 7) is 2.04. The van der Waals surface area contributed by atoms with Crippen molar-refractivity contribution in [2.75, 3.05) is 26.3 Å². The zero-order valence-corrected chi connectivity index (χ0v) is 15.0. The minimum Gasteiger partial charge on any atom is -0.378 e. The molecule has 1 heterocycles. The largest absolute Gasteiger partial charge is 0.378 e. The molecule has 1 fully saturated rings. The Hall–Kier alpha value is -3.18. The number of hydrogen-bond donors (Lipinski definition) is 1. The van der Waals surface area contributed by atoms with Gasteiger partial charge in [0.2, 0.25) is 0 Å². The standard InChI is InChI=1S/C22H22N2O3/c25-21(19-11-5-2-6-12-19)23-20(22(26)24-14-16-27-17-15-24)13-7-10-18-8-3-1-4-9-18/h1-13H,14-17H2,(H,23,25)/b10-7+,20-13+. The summed E-state index contributed by atoms with van der Waals surface area (Å²) in [5.41, 5.74) is 1.77. The maximum absolute atomic E-state index is 12.9. The molecule has 1 aliphatic rings. The first-order chi connectivity index (χ1) is 13.2. The zero-order chi connectivity index (χ0) is 18.9. The molecule has 0 unspecified atom stereocenters. The van der Waals surface area contributed by atoms with Crippen LogP contribution < -0.4 is 5.32 Å². The van der Waals surface area contributed by atoms with Crippen molar-refractivity contribution >= 4 is 17.9 Å². The molecule has 5 nitrogen and oxygen atoms in total. The van der Waals surface area contributed by atoms with Crippen LogP contribution in [0.25, 0.3) is 6.08 Å². The third kappa shape index (κ3) is 5.39. The molecular formula is C22H22N2O3. The van der Waals surface area contributed by atoms with E-state index in [2.05, 4.69) is 5.32 Å². The quantitative estimate of drug-likeness (QED) is 0.657. The smallest absolute Gasteiger partial charge is 0.270 e. The van der Waals surface area contributed by atoms with Gasteiger partial charge in [0, 0.05) is 18.7 Å². The summed E-state index contributed by atoms with van der Waals surface area (Å²) in [7, 11) is 0. The van der Waals surface area contributed by atoms with E-state index >= 15 is 0 Å². The van der Waals surface area contributed by atoms with Crippen molar-refractivity contribution < 1.29 is 14.3 Å². The number of carbonyl (C=O) groups excluding carboxylic acids is 2. The molecule has 0 aliphatic carbocycles. The van der Waals surface area contributed by atoms with Gasteiger partial charge in [0.05, 0.1) is 13.2 Å². The van der Waals surface area contributed by atoms with Gasteiger partial charge in [0.25, 0.3) is 11.8 Å². The molecule has 0 saturated carbocycles. The Labute approximate surface area is 158 Å². The van der Waals surface area contributed by atoms with Crippen LogP contribution in [0.15, 0.2) is 78.5 Å². The molecule has 0 spiro atoms. The van der Waals surface area contributed by atoms with Crippen LogP contribution in [-0.2, 0) is 9.53 Å². The van der Waals surface area contributed by atoms with Gasteiger partial charge in [0.1, 0.15) is 5.70 Å². The van der Waals surface area contributed by atoms with Crippen molar-refractivity contribution in [3.8, 4) is 0 Å². The van der Waals surface area contributed by atoms with E-state index in [0.717, 1.165) is 5.56 Å². The van der Waals surface area contributed by atoms with Gasteiger partial charge in [-0.05, 0) is 23.8 Å². The molecule has 1 aliphatic heterocycles. The highest BCUT2D eigenvalue weighted by molar-refractivity contribution is 6.03. The van der Waals surface area contributed by atoms with E-state index in [4.69, 9.17) is 4.74 Å². The zero-order valence-electron chi connectivity index (χ0n) is 15.0. The first kappa shape index (κ1) is 18.6. The molecule has 5 heteroatoms. The van der Waals surface area contributed by atoms with Crippen LogP contribution in [-0.4, -0.2) is 43.0 Å². The van der Waals surface area contributed by atoms with Crippen LogP contribution >= 0.6 is 0 Å². The monoisotopic (exact) mass is 362 g/mol. The Balaban J connectivity index is 1.79. The van der Waals surface area contributed by atoms with E-state index < -0.39 is 0 Å². The number of rotatable bonds is 5. The van der Waals surface area contributed by atoms with Crippen molar-refractivity contribution in [3.63, 3.8) is 0 Å². The molecule has 3 rings (SSSR count). The van der Waals surface area contributed by atoms with Gasteiger partial charge >= 0.3 is 0 Å². The molecule has 0 radical (unpaired) electrons. The number of ether oxygens (including phenoxy) is 1. The van der Waals surface area contributed by atoms with Gasteiger partial charge < -0.3 is 15.0 Å². The lowest BCUT2D eigenvalue weighted by atomic mass is 10.2. The van der Waals surface area contributed by atoms with Crippen molar-refractivity contribution in [1.29, 1.82) is 0 Å². The van der Waals surface area contributed by atoms with Gasteiger partial charge in [0.15, 0.2) is 0 Å². The fourth-order valence-corrected chi connectivity index (χ4v) is 2.71. The first-order valence-corrected chi connectivity index (χ1v) is 8.91. The fourth-order valence-electron chi connectivity index (χ4n) is 2.71. The van der Waals surface area contributed by atoms with Crippen LogP contribution in [0.2, 0.25) is 0 Å². The van der Waals surface area contributed by atoms with Crippen molar-refractivity contribution in [2.24, 2.45) is 0 Å². The SMILES string of the molecule is O=C(N/C(=C/C=C/c1ccccc1)C(=O)N1CCOCC1)c1ccccc1. The number of morpholine rings is 1. The van der Waals surface area contributed by atoms with Gasteiger partial charge in [-0.1, -0.05) is 60.7 Å².